The molecule has 140 valence electrons. The first-order valence-corrected chi connectivity index (χ1v) is 8.83. The monoisotopic (exact) mass is 374 g/mol. The van der Waals surface area contributed by atoms with Crippen LogP contribution in [0.25, 0.3) is 16.6 Å². The van der Waals surface area contributed by atoms with Crippen molar-refractivity contribution in [2.75, 3.05) is 5.43 Å². The van der Waals surface area contributed by atoms with E-state index in [0.717, 1.165) is 5.69 Å². The van der Waals surface area contributed by atoms with Crippen LogP contribution in [0.2, 0.25) is 0 Å². The van der Waals surface area contributed by atoms with E-state index < -0.39 is 0 Å². The molecule has 0 saturated heterocycles. The van der Waals surface area contributed by atoms with Crippen molar-refractivity contribution < 1.29 is 4.79 Å². The molecule has 0 spiro atoms. The lowest BCUT2D eigenvalue weighted by molar-refractivity contribution is 0.0962. The molecule has 0 saturated carbocycles. The molecule has 8 heteroatoms. The number of rotatable bonds is 5. The number of benzene rings is 2. The van der Waals surface area contributed by atoms with E-state index in [1.54, 1.807) is 29.1 Å². The number of hydrogen-bond acceptors (Lipinski definition) is 5. The smallest absolute Gasteiger partial charge is 0.272 e. The average Bonchev–Trinajstić information content (AvgIpc) is 3.23. The number of nitrogens with zero attached hydrogens (tertiary/aromatic N) is 4. The molecule has 2 aromatic heterocycles. The lowest BCUT2D eigenvalue weighted by Crippen LogP contribution is -2.34. The highest BCUT2D eigenvalue weighted by atomic mass is 16.2. The number of aromatic nitrogens is 4. The Morgan fingerprint density at radius 3 is 2.61 bits per heavy atom. The Bertz CT molecular complexity index is 1200. The van der Waals surface area contributed by atoms with Gasteiger partial charge in [0.1, 0.15) is 0 Å². The van der Waals surface area contributed by atoms with Crippen LogP contribution in [0, 0.1) is 0 Å². The summed E-state index contributed by atoms with van der Waals surface area (Å²) in [5, 5.41) is 4.74. The number of fused-ring (bicyclic) bond motifs is 1. The predicted octanol–water partition coefficient (Wildman–Crippen LogP) is 2.36. The van der Waals surface area contributed by atoms with Crippen LogP contribution in [0.5, 0.6) is 0 Å². The third-order valence-corrected chi connectivity index (χ3v) is 4.33. The number of carbonyl (C=O) groups is 1. The Morgan fingerprint density at radius 2 is 1.82 bits per heavy atom. The van der Waals surface area contributed by atoms with Gasteiger partial charge in [-0.2, -0.15) is 5.10 Å². The lowest BCUT2D eigenvalue weighted by atomic mass is 10.2. The summed E-state index contributed by atoms with van der Waals surface area (Å²) in [4.78, 5) is 29.5. The first kappa shape index (κ1) is 17.5. The standard InChI is InChI=1S/C20H18N6O2/c1-2-25-19(28)16-10-6-7-11-17(16)22-20(25)24-23-18(27)14-12-21-26(13-14)15-8-4-3-5-9-15/h3-13H,2H2,1H3,(H,22,24)(H,23,27). The number of hydrazine groups is 1. The predicted molar refractivity (Wildman–Crippen MR) is 106 cm³/mol. The molecule has 0 radical (unpaired) electrons. The lowest BCUT2D eigenvalue weighted by Gasteiger charge is -2.13. The van der Waals surface area contributed by atoms with Crippen LogP contribution in [0.15, 0.2) is 71.8 Å². The molecule has 8 nitrogen and oxygen atoms in total. The molecule has 0 atom stereocenters. The summed E-state index contributed by atoms with van der Waals surface area (Å²) in [5.74, 6) is -0.109. The van der Waals surface area contributed by atoms with Gasteiger partial charge in [0.25, 0.3) is 11.5 Å². The van der Waals surface area contributed by atoms with Crippen molar-refractivity contribution in [1.29, 1.82) is 0 Å². The van der Waals surface area contributed by atoms with Crippen molar-refractivity contribution in [3.8, 4) is 5.69 Å². The second-order valence-electron chi connectivity index (χ2n) is 6.09. The maximum atomic E-state index is 12.6. The van der Waals surface area contributed by atoms with Crippen LogP contribution in [0.4, 0.5) is 5.95 Å². The van der Waals surface area contributed by atoms with E-state index in [-0.39, 0.29) is 17.4 Å². The van der Waals surface area contributed by atoms with E-state index in [1.807, 2.05) is 43.3 Å². The van der Waals surface area contributed by atoms with Gasteiger partial charge in [-0.1, -0.05) is 30.3 Å². The van der Waals surface area contributed by atoms with Crippen LogP contribution < -0.4 is 16.4 Å². The molecule has 1 amide bonds. The highest BCUT2D eigenvalue weighted by molar-refractivity contribution is 5.94. The van der Waals surface area contributed by atoms with Gasteiger partial charge in [0.2, 0.25) is 5.95 Å². The van der Waals surface area contributed by atoms with Crippen LogP contribution in [-0.2, 0) is 6.54 Å². The highest BCUT2D eigenvalue weighted by Gasteiger charge is 2.13. The molecule has 2 aromatic carbocycles. The Hall–Kier alpha value is -3.94. The van der Waals surface area contributed by atoms with Crippen LogP contribution >= 0.6 is 0 Å². The molecule has 4 rings (SSSR count). The zero-order chi connectivity index (χ0) is 19.5. The molecule has 0 bridgehead atoms. The topological polar surface area (TPSA) is 93.8 Å². The minimum absolute atomic E-state index is 0.165. The van der Waals surface area contributed by atoms with E-state index in [0.29, 0.717) is 23.0 Å². The fourth-order valence-corrected chi connectivity index (χ4v) is 2.90. The average molecular weight is 374 g/mol. The zero-order valence-electron chi connectivity index (χ0n) is 15.2. The molecule has 4 aromatic rings. The van der Waals surface area contributed by atoms with Gasteiger partial charge in [-0.25, -0.2) is 9.67 Å². The van der Waals surface area contributed by atoms with Gasteiger partial charge >= 0.3 is 0 Å². The molecule has 28 heavy (non-hydrogen) atoms. The number of para-hydroxylation sites is 2. The second-order valence-corrected chi connectivity index (χ2v) is 6.09. The minimum Gasteiger partial charge on any atom is -0.277 e. The third kappa shape index (κ3) is 3.23. The van der Waals surface area contributed by atoms with Gasteiger partial charge in [0.05, 0.1) is 28.4 Å². The van der Waals surface area contributed by atoms with E-state index in [4.69, 9.17) is 0 Å². The molecule has 0 unspecified atom stereocenters. The Kier molecular flexibility index (Phi) is 4.59. The van der Waals surface area contributed by atoms with Crippen molar-refractivity contribution >= 4 is 22.8 Å². The number of anilines is 1. The number of hydrogen-bond donors (Lipinski definition) is 2. The van der Waals surface area contributed by atoms with Crippen molar-refractivity contribution in [3.05, 3.63) is 82.9 Å². The summed E-state index contributed by atoms with van der Waals surface area (Å²) in [5.41, 5.74) is 6.97. The van der Waals surface area contributed by atoms with Crippen LogP contribution in [0.1, 0.15) is 17.3 Å². The zero-order valence-corrected chi connectivity index (χ0v) is 15.2. The number of amides is 1. The Balaban J connectivity index is 1.56. The van der Waals surface area contributed by atoms with Gasteiger partial charge < -0.3 is 0 Å². The maximum absolute atomic E-state index is 12.6. The third-order valence-electron chi connectivity index (χ3n) is 4.33. The summed E-state index contributed by atoms with van der Waals surface area (Å²) in [6.07, 6.45) is 3.11. The summed E-state index contributed by atoms with van der Waals surface area (Å²) in [7, 11) is 0. The second kappa shape index (κ2) is 7.36. The minimum atomic E-state index is -0.382. The summed E-state index contributed by atoms with van der Waals surface area (Å²) < 4.78 is 3.08. The van der Waals surface area contributed by atoms with Gasteiger partial charge in [-0.15, -0.1) is 0 Å². The van der Waals surface area contributed by atoms with E-state index >= 15 is 0 Å². The number of carbonyl (C=O) groups excluding carboxylic acids is 1. The van der Waals surface area contributed by atoms with E-state index in [9.17, 15) is 9.59 Å². The van der Waals surface area contributed by atoms with Gasteiger partial charge in [-0.05, 0) is 31.2 Å². The van der Waals surface area contributed by atoms with E-state index in [2.05, 4.69) is 20.9 Å². The fourth-order valence-electron chi connectivity index (χ4n) is 2.90. The van der Waals surface area contributed by atoms with Crippen LogP contribution in [-0.4, -0.2) is 25.2 Å². The molecule has 2 N–H and O–H groups in total. The van der Waals surface area contributed by atoms with Crippen molar-refractivity contribution in [2.45, 2.75) is 13.5 Å². The summed E-state index contributed by atoms with van der Waals surface area (Å²) in [6.45, 7) is 2.26. The van der Waals surface area contributed by atoms with E-state index in [1.165, 1.54) is 10.8 Å². The highest BCUT2D eigenvalue weighted by Crippen LogP contribution is 2.11. The Morgan fingerprint density at radius 1 is 1.07 bits per heavy atom. The SMILES string of the molecule is CCn1c(NNC(=O)c2cnn(-c3ccccc3)c2)nc2ccccc2c1=O. The first-order chi connectivity index (χ1) is 13.7. The van der Waals surface area contributed by atoms with Gasteiger partial charge in [0.15, 0.2) is 0 Å². The summed E-state index contributed by atoms with van der Waals surface area (Å²) >= 11 is 0. The van der Waals surface area contributed by atoms with Crippen molar-refractivity contribution in [3.63, 3.8) is 0 Å². The molecule has 2 heterocycles. The summed E-state index contributed by atoms with van der Waals surface area (Å²) in [6, 6.07) is 16.6. The van der Waals surface area contributed by atoms with Crippen molar-refractivity contribution in [2.24, 2.45) is 0 Å². The molecule has 0 aliphatic rings. The quantitative estimate of drug-likeness (QED) is 0.523. The molecular weight excluding hydrogens is 356 g/mol. The van der Waals surface area contributed by atoms with Gasteiger partial charge in [-0.3, -0.25) is 25.0 Å². The fraction of sp³-hybridized carbons (Fsp3) is 0.100. The number of nitrogens with one attached hydrogen (secondary N) is 2. The van der Waals surface area contributed by atoms with Crippen LogP contribution in [0.3, 0.4) is 0 Å². The molecular formula is C20H18N6O2. The first-order valence-electron chi connectivity index (χ1n) is 8.83. The molecule has 0 fully saturated rings. The molecule has 0 aliphatic carbocycles. The Labute approximate surface area is 160 Å². The molecule has 0 aliphatic heterocycles. The normalized spacial score (nSPS) is 10.8. The maximum Gasteiger partial charge on any atom is 0.272 e. The van der Waals surface area contributed by atoms with Gasteiger partial charge in [0, 0.05) is 12.7 Å². The van der Waals surface area contributed by atoms with Crippen molar-refractivity contribution in [1.82, 2.24) is 24.8 Å². The largest absolute Gasteiger partial charge is 0.277 e.